The van der Waals surface area contributed by atoms with Gasteiger partial charge < -0.3 is 0 Å². The van der Waals surface area contributed by atoms with Crippen molar-refractivity contribution in [1.29, 1.82) is 0 Å². The highest BCUT2D eigenvalue weighted by Crippen LogP contribution is 2.33. The average Bonchev–Trinajstić information content (AvgIpc) is 3.30. The molecule has 4 aromatic rings. The second kappa shape index (κ2) is 8.17. The summed E-state index contributed by atoms with van der Waals surface area (Å²) in [5, 5.41) is 23.8. The molecule has 0 saturated heterocycles. The average molecular weight is 472 g/mol. The van der Waals surface area contributed by atoms with Gasteiger partial charge in [0.05, 0.1) is 37.3 Å². The van der Waals surface area contributed by atoms with Crippen molar-refractivity contribution < 1.29 is 14.6 Å². The summed E-state index contributed by atoms with van der Waals surface area (Å²) in [7, 11) is 0. The molecule has 2 aromatic heterocycles. The van der Waals surface area contributed by atoms with E-state index >= 15 is 0 Å². The highest BCUT2D eigenvalue weighted by molar-refractivity contribution is 7.13. The minimum atomic E-state index is -1.06. The summed E-state index contributed by atoms with van der Waals surface area (Å²) in [6.07, 6.45) is 0. The molecule has 13 heteroatoms. The van der Waals surface area contributed by atoms with Crippen molar-refractivity contribution in [3.63, 3.8) is 0 Å². The van der Waals surface area contributed by atoms with Crippen molar-refractivity contribution in [2.24, 2.45) is 0 Å². The second-order valence-corrected chi connectivity index (χ2v) is 7.68. The molecule has 0 aliphatic carbocycles. The SMILES string of the molecule is O=C(Nn1c(-c2cccs2)nc2ccccc2c1=O)c1cc([N+](=O)[O-])cc([N+](=O)[O-])c1Cl. The van der Waals surface area contributed by atoms with E-state index in [1.165, 1.54) is 17.4 Å². The molecule has 1 amide bonds. The van der Waals surface area contributed by atoms with Gasteiger partial charge in [0.1, 0.15) is 5.02 Å². The molecule has 0 bridgehead atoms. The van der Waals surface area contributed by atoms with Gasteiger partial charge >= 0.3 is 0 Å². The number of halogens is 1. The fourth-order valence-electron chi connectivity index (χ4n) is 2.97. The minimum Gasteiger partial charge on any atom is -0.267 e. The van der Waals surface area contributed by atoms with Crippen LogP contribution in [-0.4, -0.2) is 25.4 Å². The number of nitro groups is 2. The van der Waals surface area contributed by atoms with E-state index in [0.717, 1.165) is 10.7 Å². The van der Waals surface area contributed by atoms with Gasteiger partial charge in [-0.3, -0.25) is 35.2 Å². The van der Waals surface area contributed by atoms with Gasteiger partial charge in [-0.05, 0) is 23.6 Å². The fourth-order valence-corrected chi connectivity index (χ4v) is 3.93. The van der Waals surface area contributed by atoms with E-state index in [4.69, 9.17) is 11.6 Å². The first-order valence-electron chi connectivity index (χ1n) is 8.77. The molecule has 1 N–H and O–H groups in total. The molecule has 4 rings (SSSR count). The van der Waals surface area contributed by atoms with Gasteiger partial charge in [0.2, 0.25) is 0 Å². The van der Waals surface area contributed by atoms with Gasteiger partial charge in [-0.25, -0.2) is 4.98 Å². The Morgan fingerprint density at radius 1 is 1.09 bits per heavy atom. The number of fused-ring (bicyclic) bond motifs is 1. The molecule has 0 unspecified atom stereocenters. The van der Waals surface area contributed by atoms with Crippen LogP contribution in [0.3, 0.4) is 0 Å². The molecule has 160 valence electrons. The number of aromatic nitrogens is 2. The molecule has 2 heterocycles. The molecule has 0 radical (unpaired) electrons. The summed E-state index contributed by atoms with van der Waals surface area (Å²) < 4.78 is 0.886. The number of non-ortho nitro benzene ring substituents is 1. The van der Waals surface area contributed by atoms with Crippen molar-refractivity contribution in [3.8, 4) is 10.7 Å². The third-order valence-electron chi connectivity index (χ3n) is 4.42. The lowest BCUT2D eigenvalue weighted by molar-refractivity contribution is -0.394. The first-order valence-corrected chi connectivity index (χ1v) is 10.0. The third-order valence-corrected chi connectivity index (χ3v) is 5.68. The topological polar surface area (TPSA) is 150 Å². The number of carbonyl (C=O) groups is 1. The monoisotopic (exact) mass is 471 g/mol. The van der Waals surface area contributed by atoms with E-state index in [2.05, 4.69) is 10.4 Å². The number of carbonyl (C=O) groups excluding carboxylic acids is 1. The van der Waals surface area contributed by atoms with Gasteiger partial charge in [-0.15, -0.1) is 11.3 Å². The van der Waals surface area contributed by atoms with Crippen LogP contribution in [0.1, 0.15) is 10.4 Å². The lowest BCUT2D eigenvalue weighted by atomic mass is 10.1. The van der Waals surface area contributed by atoms with Crippen LogP contribution < -0.4 is 11.0 Å². The lowest BCUT2D eigenvalue weighted by Crippen LogP contribution is -2.35. The number of amides is 1. The molecule has 0 fully saturated rings. The number of hydrogen-bond acceptors (Lipinski definition) is 8. The van der Waals surface area contributed by atoms with Gasteiger partial charge in [0.25, 0.3) is 22.8 Å². The fraction of sp³-hybridized carbons (Fsp3) is 0. The molecular formula is C19H10ClN5O6S. The maximum Gasteiger partial charge on any atom is 0.295 e. The van der Waals surface area contributed by atoms with Crippen LogP contribution in [0, 0.1) is 20.2 Å². The Balaban J connectivity index is 1.89. The van der Waals surface area contributed by atoms with Crippen molar-refractivity contribution in [2.45, 2.75) is 0 Å². The Morgan fingerprint density at radius 2 is 1.84 bits per heavy atom. The largest absolute Gasteiger partial charge is 0.295 e. The Kier molecular flexibility index (Phi) is 5.38. The smallest absolute Gasteiger partial charge is 0.267 e. The predicted octanol–water partition coefficient (Wildman–Crippen LogP) is 3.98. The van der Waals surface area contributed by atoms with Crippen molar-refractivity contribution in [3.05, 3.63) is 95.1 Å². The van der Waals surface area contributed by atoms with Crippen LogP contribution in [0.15, 0.2) is 58.7 Å². The van der Waals surface area contributed by atoms with Crippen molar-refractivity contribution >= 4 is 51.1 Å². The van der Waals surface area contributed by atoms with Gasteiger partial charge in [-0.2, -0.15) is 4.68 Å². The van der Waals surface area contributed by atoms with Crippen LogP contribution in [-0.2, 0) is 0 Å². The normalized spacial score (nSPS) is 10.8. The summed E-state index contributed by atoms with van der Waals surface area (Å²) >= 11 is 7.26. The number of hydrogen-bond donors (Lipinski definition) is 1. The first-order chi connectivity index (χ1) is 15.3. The molecule has 2 aromatic carbocycles. The van der Waals surface area contributed by atoms with Crippen LogP contribution in [0.25, 0.3) is 21.6 Å². The van der Waals surface area contributed by atoms with E-state index in [0.29, 0.717) is 16.5 Å². The maximum absolute atomic E-state index is 13.1. The van der Waals surface area contributed by atoms with E-state index in [-0.39, 0.29) is 11.2 Å². The zero-order chi connectivity index (χ0) is 23.0. The molecule has 0 saturated carbocycles. The lowest BCUT2D eigenvalue weighted by Gasteiger charge is -2.14. The number of rotatable bonds is 5. The number of benzene rings is 2. The first kappa shape index (κ1) is 21.1. The van der Waals surface area contributed by atoms with Gasteiger partial charge in [0, 0.05) is 6.07 Å². The molecule has 11 nitrogen and oxygen atoms in total. The highest BCUT2D eigenvalue weighted by Gasteiger charge is 2.27. The number of thiophene rings is 1. The standard InChI is InChI=1S/C19H10ClN5O6S/c20-16-12(8-10(24(28)29)9-14(16)25(30)31)18(26)22-23-17(15-6-3-7-32-15)21-13-5-2-1-4-11(13)19(23)27/h1-9H,(H,22,26). The second-order valence-electron chi connectivity index (χ2n) is 6.35. The van der Waals surface area contributed by atoms with Crippen LogP contribution >= 0.6 is 22.9 Å². The van der Waals surface area contributed by atoms with E-state index in [9.17, 15) is 29.8 Å². The number of nitrogens with zero attached hydrogens (tertiary/aromatic N) is 4. The third kappa shape index (κ3) is 3.68. The summed E-state index contributed by atoms with van der Waals surface area (Å²) in [6.45, 7) is 0. The van der Waals surface area contributed by atoms with E-state index in [1.807, 2.05) is 0 Å². The van der Waals surface area contributed by atoms with Crippen LogP contribution in [0.4, 0.5) is 11.4 Å². The van der Waals surface area contributed by atoms with Crippen LogP contribution in [0.5, 0.6) is 0 Å². The zero-order valence-corrected chi connectivity index (χ0v) is 17.3. The van der Waals surface area contributed by atoms with Gasteiger partial charge in [-0.1, -0.05) is 29.8 Å². The number of para-hydroxylation sites is 1. The van der Waals surface area contributed by atoms with Gasteiger partial charge in [0.15, 0.2) is 5.82 Å². The Labute approximate surface area is 186 Å². The molecule has 0 aliphatic rings. The van der Waals surface area contributed by atoms with Crippen LogP contribution in [0.2, 0.25) is 5.02 Å². The minimum absolute atomic E-state index is 0.119. The summed E-state index contributed by atoms with van der Waals surface area (Å²) in [5.74, 6) is -0.938. The Bertz CT molecular complexity index is 1470. The molecule has 0 aliphatic heterocycles. The van der Waals surface area contributed by atoms with E-state index < -0.39 is 43.3 Å². The predicted molar refractivity (Wildman–Crippen MR) is 118 cm³/mol. The maximum atomic E-state index is 13.1. The highest BCUT2D eigenvalue weighted by atomic mass is 35.5. The molecule has 0 atom stereocenters. The molecule has 0 spiro atoms. The summed E-state index contributed by atoms with van der Waals surface area (Å²) in [6, 6.07) is 11.4. The van der Waals surface area contributed by atoms with E-state index in [1.54, 1.807) is 35.7 Å². The van der Waals surface area contributed by atoms with Crippen molar-refractivity contribution in [1.82, 2.24) is 9.66 Å². The molecule has 32 heavy (non-hydrogen) atoms. The Hall–Kier alpha value is -4.16. The molecular weight excluding hydrogens is 462 g/mol. The number of nitro benzene ring substituents is 2. The zero-order valence-electron chi connectivity index (χ0n) is 15.7. The Morgan fingerprint density at radius 3 is 2.50 bits per heavy atom. The summed E-state index contributed by atoms with van der Waals surface area (Å²) in [4.78, 5) is 51.7. The quantitative estimate of drug-likeness (QED) is 0.341. The number of nitrogens with one attached hydrogen (secondary N) is 1. The van der Waals surface area contributed by atoms with Crippen molar-refractivity contribution in [2.75, 3.05) is 5.43 Å². The summed E-state index contributed by atoms with van der Waals surface area (Å²) in [5.41, 5.74) is 0.0699.